The van der Waals surface area contributed by atoms with Gasteiger partial charge in [-0.2, -0.15) is 0 Å². The molecule has 0 spiro atoms. The van der Waals surface area contributed by atoms with Gasteiger partial charge >= 0.3 is 0 Å². The van der Waals surface area contributed by atoms with E-state index in [4.69, 9.17) is 15.5 Å². The molecule has 2 aromatic carbocycles. The quantitative estimate of drug-likeness (QED) is 0.242. The first-order valence-electron chi connectivity index (χ1n) is 12.2. The third kappa shape index (κ3) is 4.28. The minimum atomic E-state index is -0.159. The smallest absolute Gasteiger partial charge is 0.142 e. The van der Waals surface area contributed by atoms with Gasteiger partial charge in [-0.15, -0.1) is 0 Å². The molecule has 3 aromatic rings. The van der Waals surface area contributed by atoms with Crippen molar-refractivity contribution in [1.82, 2.24) is 10.3 Å². The number of carbonyl (C=O) groups is 1. The Morgan fingerprint density at radius 2 is 1.89 bits per heavy atom. The van der Waals surface area contributed by atoms with Gasteiger partial charge in [0.25, 0.3) is 0 Å². The standard InChI is InChI=1S/C28H32N6O2/c1-30-13-20-18(6-4-8-24(20)29)27(31-2)19-7-5-9-25(36-3)28(19)33-17-10-11-26(32-12-17)34-14-21-22(15-34)23(21)16-35/h4-13,16,21-23,27,31,33H,14-15,29H2,1-3H3. The van der Waals surface area contributed by atoms with Crippen molar-refractivity contribution in [3.63, 3.8) is 0 Å². The number of nitrogens with one attached hydrogen (secondary N) is 2. The van der Waals surface area contributed by atoms with Crippen molar-refractivity contribution in [3.8, 4) is 5.75 Å². The van der Waals surface area contributed by atoms with E-state index in [0.29, 0.717) is 17.5 Å². The number of nitrogens with two attached hydrogens (primary N) is 1. The summed E-state index contributed by atoms with van der Waals surface area (Å²) < 4.78 is 5.73. The van der Waals surface area contributed by atoms with Crippen LogP contribution in [-0.2, 0) is 4.79 Å². The molecule has 1 saturated heterocycles. The predicted molar refractivity (Wildman–Crippen MR) is 145 cm³/mol. The molecule has 4 N–H and O–H groups in total. The zero-order chi connectivity index (χ0) is 25.2. The Balaban J connectivity index is 1.44. The molecule has 2 aliphatic rings. The Morgan fingerprint density at radius 3 is 2.53 bits per heavy atom. The zero-order valence-electron chi connectivity index (χ0n) is 20.8. The van der Waals surface area contributed by atoms with Gasteiger partial charge in [0.1, 0.15) is 17.9 Å². The van der Waals surface area contributed by atoms with Crippen LogP contribution in [0.15, 0.2) is 59.7 Å². The number of carbonyl (C=O) groups excluding carboxylic acids is 1. The van der Waals surface area contributed by atoms with Crippen LogP contribution in [0.4, 0.5) is 22.9 Å². The fraction of sp³-hybridized carbons (Fsp3) is 0.321. The Labute approximate surface area is 211 Å². The van der Waals surface area contributed by atoms with Gasteiger partial charge in [-0.05, 0) is 48.7 Å². The molecule has 8 nitrogen and oxygen atoms in total. The molecule has 1 aromatic heterocycles. The van der Waals surface area contributed by atoms with Gasteiger partial charge in [0.05, 0.1) is 30.7 Å². The van der Waals surface area contributed by atoms with Gasteiger partial charge in [0, 0.05) is 49.1 Å². The molecule has 0 radical (unpaired) electrons. The number of pyridine rings is 1. The number of hydrogen-bond acceptors (Lipinski definition) is 8. The maximum absolute atomic E-state index is 11.1. The molecule has 2 fully saturated rings. The Morgan fingerprint density at radius 1 is 1.14 bits per heavy atom. The molecule has 1 aliphatic carbocycles. The lowest BCUT2D eigenvalue weighted by molar-refractivity contribution is -0.109. The molecule has 2 heterocycles. The van der Waals surface area contributed by atoms with E-state index < -0.39 is 0 Å². The van der Waals surface area contributed by atoms with Gasteiger partial charge in [0.2, 0.25) is 0 Å². The number of aliphatic imine (C=N–C) groups is 1. The zero-order valence-corrected chi connectivity index (χ0v) is 20.8. The molecular formula is C28H32N6O2. The monoisotopic (exact) mass is 484 g/mol. The maximum atomic E-state index is 11.1. The summed E-state index contributed by atoms with van der Waals surface area (Å²) in [6, 6.07) is 15.8. The number of nitrogen functional groups attached to an aromatic ring is 1. The molecule has 186 valence electrons. The van der Waals surface area contributed by atoms with Crippen LogP contribution in [-0.4, -0.2) is 51.8 Å². The summed E-state index contributed by atoms with van der Waals surface area (Å²) in [4.78, 5) is 22.3. The molecule has 3 atom stereocenters. The summed E-state index contributed by atoms with van der Waals surface area (Å²) in [6.07, 6.45) is 4.75. The molecule has 3 unspecified atom stereocenters. The van der Waals surface area contributed by atoms with Gasteiger partial charge in [-0.3, -0.25) is 4.99 Å². The van der Waals surface area contributed by atoms with Crippen LogP contribution in [0, 0.1) is 17.8 Å². The van der Waals surface area contributed by atoms with Crippen molar-refractivity contribution in [3.05, 3.63) is 71.4 Å². The first-order chi connectivity index (χ1) is 17.6. The topological polar surface area (TPSA) is 105 Å². The molecule has 8 heteroatoms. The first-order valence-corrected chi connectivity index (χ1v) is 12.2. The largest absolute Gasteiger partial charge is 0.495 e. The normalized spacial score (nSPS) is 21.3. The lowest BCUT2D eigenvalue weighted by Crippen LogP contribution is -2.25. The highest BCUT2D eigenvalue weighted by Gasteiger charge is 2.55. The number of ether oxygens (including phenoxy) is 1. The number of hydrogen-bond donors (Lipinski definition) is 3. The number of fused-ring (bicyclic) bond motifs is 1. The SMILES string of the molecule is CN=Cc1c(N)cccc1C(NC)c1cccc(OC)c1Nc1ccc(N2CC3C(C=O)C3C2)nc1. The van der Waals surface area contributed by atoms with E-state index >= 15 is 0 Å². The van der Waals surface area contributed by atoms with Crippen LogP contribution in [0.25, 0.3) is 0 Å². The minimum absolute atomic E-state index is 0.159. The summed E-state index contributed by atoms with van der Waals surface area (Å²) >= 11 is 0. The lowest BCUT2D eigenvalue weighted by atomic mass is 9.92. The Kier molecular flexibility index (Phi) is 6.61. The average Bonchev–Trinajstić information content (AvgIpc) is 3.37. The van der Waals surface area contributed by atoms with Crippen molar-refractivity contribution >= 4 is 35.4 Å². The summed E-state index contributed by atoms with van der Waals surface area (Å²) in [5.74, 6) is 2.90. The highest BCUT2D eigenvalue weighted by Crippen LogP contribution is 2.51. The van der Waals surface area contributed by atoms with Gasteiger partial charge in [-0.25, -0.2) is 4.98 Å². The number of para-hydroxylation sites is 1. The van der Waals surface area contributed by atoms with Crippen molar-refractivity contribution in [2.75, 3.05) is 50.2 Å². The van der Waals surface area contributed by atoms with Crippen LogP contribution in [0.1, 0.15) is 22.7 Å². The van der Waals surface area contributed by atoms with E-state index in [0.717, 1.165) is 59.0 Å². The van der Waals surface area contributed by atoms with Crippen LogP contribution >= 0.6 is 0 Å². The van der Waals surface area contributed by atoms with E-state index in [1.807, 2.05) is 49.6 Å². The first kappa shape index (κ1) is 23.8. The highest BCUT2D eigenvalue weighted by molar-refractivity contribution is 5.89. The van der Waals surface area contributed by atoms with E-state index in [1.54, 1.807) is 20.4 Å². The third-order valence-corrected chi connectivity index (χ3v) is 7.38. The second-order valence-electron chi connectivity index (χ2n) is 9.36. The minimum Gasteiger partial charge on any atom is -0.495 e. The van der Waals surface area contributed by atoms with E-state index in [2.05, 4.69) is 32.7 Å². The number of anilines is 4. The fourth-order valence-corrected chi connectivity index (χ4v) is 5.46. The van der Waals surface area contributed by atoms with Crippen molar-refractivity contribution in [1.29, 1.82) is 0 Å². The van der Waals surface area contributed by atoms with Crippen molar-refractivity contribution in [2.45, 2.75) is 6.04 Å². The van der Waals surface area contributed by atoms with Gasteiger partial charge < -0.3 is 30.8 Å². The Hall–Kier alpha value is -3.91. The number of benzene rings is 2. The molecule has 0 amide bonds. The fourth-order valence-electron chi connectivity index (χ4n) is 5.46. The van der Waals surface area contributed by atoms with Crippen molar-refractivity contribution < 1.29 is 9.53 Å². The second-order valence-corrected chi connectivity index (χ2v) is 9.36. The van der Waals surface area contributed by atoms with Crippen LogP contribution in [0.2, 0.25) is 0 Å². The molecule has 0 bridgehead atoms. The number of nitrogens with zero attached hydrogens (tertiary/aromatic N) is 3. The Bertz CT molecular complexity index is 1260. The molecule has 1 aliphatic heterocycles. The predicted octanol–water partition coefficient (Wildman–Crippen LogP) is 3.65. The number of rotatable bonds is 9. The van der Waals surface area contributed by atoms with Crippen LogP contribution in [0.3, 0.4) is 0 Å². The number of piperidine rings is 1. The molecule has 36 heavy (non-hydrogen) atoms. The van der Waals surface area contributed by atoms with E-state index in [9.17, 15) is 4.79 Å². The third-order valence-electron chi connectivity index (χ3n) is 7.38. The molecule has 1 saturated carbocycles. The summed E-state index contributed by atoms with van der Waals surface area (Å²) in [7, 11) is 5.34. The number of aromatic nitrogens is 1. The van der Waals surface area contributed by atoms with E-state index in [-0.39, 0.29) is 12.0 Å². The molecular weight excluding hydrogens is 452 g/mol. The van der Waals surface area contributed by atoms with Crippen LogP contribution < -0.4 is 26.0 Å². The van der Waals surface area contributed by atoms with Gasteiger partial charge in [0.15, 0.2) is 0 Å². The van der Waals surface area contributed by atoms with Gasteiger partial charge in [-0.1, -0.05) is 24.3 Å². The summed E-state index contributed by atoms with van der Waals surface area (Å²) in [5.41, 5.74) is 11.6. The van der Waals surface area contributed by atoms with Crippen molar-refractivity contribution in [2.24, 2.45) is 22.7 Å². The highest BCUT2D eigenvalue weighted by atomic mass is 16.5. The maximum Gasteiger partial charge on any atom is 0.142 e. The number of methoxy groups -OCH3 is 1. The summed E-state index contributed by atoms with van der Waals surface area (Å²) in [6.45, 7) is 1.80. The second kappa shape index (κ2) is 9.99. The van der Waals surface area contributed by atoms with E-state index in [1.165, 1.54) is 0 Å². The summed E-state index contributed by atoms with van der Waals surface area (Å²) in [5, 5.41) is 6.98. The molecule has 5 rings (SSSR count). The average molecular weight is 485 g/mol. The van der Waals surface area contributed by atoms with Crippen LogP contribution in [0.5, 0.6) is 5.75 Å². The number of aldehydes is 1. The lowest BCUT2D eigenvalue weighted by Gasteiger charge is -2.25.